The number of hydrogen-bond donors (Lipinski definition) is 0. The summed E-state index contributed by atoms with van der Waals surface area (Å²) in [6.45, 7) is 0. The monoisotopic (exact) mass is 274 g/mol. The van der Waals surface area contributed by atoms with Gasteiger partial charge in [-0.1, -0.05) is 12.8 Å². The third-order valence-corrected chi connectivity index (χ3v) is 5.12. The van der Waals surface area contributed by atoms with E-state index in [-0.39, 0.29) is 5.41 Å². The van der Waals surface area contributed by atoms with Gasteiger partial charge in [0.05, 0.1) is 5.69 Å². The van der Waals surface area contributed by atoms with Crippen LogP contribution in [0.15, 0.2) is 12.3 Å². The highest BCUT2D eigenvalue weighted by molar-refractivity contribution is 6.21. The minimum atomic E-state index is 0.0357. The topological polar surface area (TPSA) is 17.8 Å². The van der Waals surface area contributed by atoms with Gasteiger partial charge in [-0.2, -0.15) is 5.10 Å². The number of aryl methyl sites for hydroxylation is 1. The van der Waals surface area contributed by atoms with Gasteiger partial charge >= 0.3 is 0 Å². The van der Waals surface area contributed by atoms with Crippen molar-refractivity contribution in [3.63, 3.8) is 0 Å². The van der Waals surface area contributed by atoms with Gasteiger partial charge in [0, 0.05) is 30.4 Å². The molecule has 0 N–H and O–H groups in total. The molecule has 4 heteroatoms. The van der Waals surface area contributed by atoms with E-state index >= 15 is 0 Å². The van der Waals surface area contributed by atoms with Gasteiger partial charge in [0.15, 0.2) is 0 Å². The first-order valence-corrected chi connectivity index (χ1v) is 7.37. The van der Waals surface area contributed by atoms with Crippen molar-refractivity contribution in [1.82, 2.24) is 9.78 Å². The summed E-state index contributed by atoms with van der Waals surface area (Å²) in [5.41, 5.74) is 1.15. The van der Waals surface area contributed by atoms with Crippen molar-refractivity contribution in [2.45, 2.75) is 32.1 Å². The van der Waals surface area contributed by atoms with Crippen LogP contribution in [0.25, 0.3) is 0 Å². The van der Waals surface area contributed by atoms with Gasteiger partial charge < -0.3 is 0 Å². The van der Waals surface area contributed by atoms with Gasteiger partial charge in [-0.15, -0.1) is 23.2 Å². The van der Waals surface area contributed by atoms with E-state index in [2.05, 4.69) is 11.2 Å². The molecule has 1 aliphatic rings. The molecule has 0 atom stereocenters. The fourth-order valence-electron chi connectivity index (χ4n) is 2.95. The quantitative estimate of drug-likeness (QED) is 0.750. The zero-order valence-corrected chi connectivity index (χ0v) is 11.8. The highest BCUT2D eigenvalue weighted by Gasteiger charge is 2.39. The lowest BCUT2D eigenvalue weighted by molar-refractivity contribution is 0.222. The van der Waals surface area contributed by atoms with E-state index in [1.54, 1.807) is 0 Å². The summed E-state index contributed by atoms with van der Waals surface area (Å²) >= 11 is 12.5. The van der Waals surface area contributed by atoms with Crippen LogP contribution in [0.4, 0.5) is 0 Å². The number of alkyl halides is 2. The van der Waals surface area contributed by atoms with Gasteiger partial charge in [-0.25, -0.2) is 0 Å². The number of rotatable bonds is 5. The molecule has 1 fully saturated rings. The first-order chi connectivity index (χ1) is 8.20. The lowest BCUT2D eigenvalue weighted by atomic mass is 9.74. The second-order valence-corrected chi connectivity index (χ2v) is 5.80. The molecule has 2 rings (SSSR count). The summed E-state index contributed by atoms with van der Waals surface area (Å²) in [7, 11) is 1.95. The molecular formula is C13H20Cl2N2. The average molecular weight is 275 g/mol. The molecule has 0 bridgehead atoms. The van der Waals surface area contributed by atoms with E-state index in [0.29, 0.717) is 17.7 Å². The molecule has 2 nitrogen and oxygen atoms in total. The second-order valence-electron chi connectivity index (χ2n) is 5.27. The van der Waals surface area contributed by atoms with Crippen LogP contribution < -0.4 is 0 Å². The normalized spacial score (nSPS) is 17.8. The Morgan fingerprint density at radius 2 is 2.00 bits per heavy atom. The molecule has 0 spiro atoms. The molecule has 0 radical (unpaired) electrons. The molecule has 1 aromatic rings. The Morgan fingerprint density at radius 1 is 1.35 bits per heavy atom. The zero-order chi connectivity index (χ0) is 12.3. The lowest BCUT2D eigenvalue weighted by Crippen LogP contribution is -2.35. The van der Waals surface area contributed by atoms with Crippen LogP contribution in [-0.2, 0) is 13.5 Å². The lowest BCUT2D eigenvalue weighted by Gasteiger charge is -2.35. The molecule has 17 heavy (non-hydrogen) atoms. The smallest absolute Gasteiger partial charge is 0.0631 e. The molecule has 1 aliphatic carbocycles. The molecular weight excluding hydrogens is 255 g/mol. The van der Waals surface area contributed by atoms with Crippen molar-refractivity contribution in [3.8, 4) is 0 Å². The van der Waals surface area contributed by atoms with Gasteiger partial charge in [0.25, 0.3) is 0 Å². The van der Waals surface area contributed by atoms with Crippen molar-refractivity contribution < 1.29 is 0 Å². The highest BCUT2D eigenvalue weighted by atomic mass is 35.5. The minimum absolute atomic E-state index is 0.0357. The maximum Gasteiger partial charge on any atom is 0.0631 e. The average Bonchev–Trinajstić information content (AvgIpc) is 2.98. The third-order valence-electron chi connectivity index (χ3n) is 4.06. The Labute approximate surface area is 113 Å². The van der Waals surface area contributed by atoms with Crippen molar-refractivity contribution in [3.05, 3.63) is 18.0 Å². The zero-order valence-electron chi connectivity index (χ0n) is 10.3. The summed E-state index contributed by atoms with van der Waals surface area (Å²) in [6.07, 6.45) is 8.08. The first kappa shape index (κ1) is 13.2. The van der Waals surface area contributed by atoms with E-state index in [1.807, 2.05) is 17.9 Å². The number of nitrogens with zero attached hydrogens (tertiary/aromatic N) is 2. The van der Waals surface area contributed by atoms with Gasteiger partial charge in [-0.05, 0) is 31.2 Å². The van der Waals surface area contributed by atoms with Gasteiger partial charge in [0.1, 0.15) is 0 Å². The van der Waals surface area contributed by atoms with Gasteiger partial charge in [-0.3, -0.25) is 4.68 Å². The molecule has 1 saturated carbocycles. The van der Waals surface area contributed by atoms with Gasteiger partial charge in [0.2, 0.25) is 0 Å². The molecule has 0 unspecified atom stereocenters. The van der Waals surface area contributed by atoms with Crippen molar-refractivity contribution in [2.24, 2.45) is 18.4 Å². The van der Waals surface area contributed by atoms with Crippen LogP contribution in [0.3, 0.4) is 0 Å². The highest BCUT2D eigenvalue weighted by Crippen LogP contribution is 2.43. The van der Waals surface area contributed by atoms with Crippen molar-refractivity contribution >= 4 is 23.2 Å². The Kier molecular flexibility index (Phi) is 4.37. The predicted octanol–water partition coefficient (Wildman–Crippen LogP) is 3.62. The number of hydrogen-bond acceptors (Lipinski definition) is 1. The molecule has 0 saturated heterocycles. The van der Waals surface area contributed by atoms with Crippen molar-refractivity contribution in [2.75, 3.05) is 11.8 Å². The van der Waals surface area contributed by atoms with Crippen LogP contribution in [-0.4, -0.2) is 21.5 Å². The van der Waals surface area contributed by atoms with Crippen LogP contribution in [0.1, 0.15) is 31.4 Å². The fourth-order valence-corrected chi connectivity index (χ4v) is 3.86. The van der Waals surface area contributed by atoms with E-state index in [1.165, 1.54) is 25.7 Å². The number of halogens is 2. The van der Waals surface area contributed by atoms with E-state index in [9.17, 15) is 0 Å². The maximum absolute atomic E-state index is 6.24. The molecule has 96 valence electrons. The standard InChI is InChI=1S/C13H20Cl2N2/c1-17-7-6-12(16-17)8-13(9-14,10-15)11-4-2-3-5-11/h6-7,11H,2-5,8-10H2,1H3. The van der Waals surface area contributed by atoms with Crippen LogP contribution in [0.2, 0.25) is 0 Å². The Balaban J connectivity index is 2.15. The first-order valence-electron chi connectivity index (χ1n) is 6.30. The summed E-state index contributed by atoms with van der Waals surface area (Å²) < 4.78 is 1.84. The van der Waals surface area contributed by atoms with E-state index < -0.39 is 0 Å². The molecule has 0 aliphatic heterocycles. The Morgan fingerprint density at radius 3 is 2.47 bits per heavy atom. The Bertz CT molecular complexity index is 352. The van der Waals surface area contributed by atoms with E-state index in [4.69, 9.17) is 23.2 Å². The van der Waals surface area contributed by atoms with Crippen molar-refractivity contribution in [1.29, 1.82) is 0 Å². The predicted molar refractivity (Wildman–Crippen MR) is 72.7 cm³/mol. The molecule has 0 amide bonds. The van der Waals surface area contributed by atoms with Crippen LogP contribution in [0.5, 0.6) is 0 Å². The second kappa shape index (κ2) is 5.62. The fraction of sp³-hybridized carbons (Fsp3) is 0.769. The summed E-state index contributed by atoms with van der Waals surface area (Å²) in [5.74, 6) is 1.94. The molecule has 0 aromatic carbocycles. The summed E-state index contributed by atoms with van der Waals surface area (Å²) in [4.78, 5) is 0. The minimum Gasteiger partial charge on any atom is -0.276 e. The van der Waals surface area contributed by atoms with E-state index in [0.717, 1.165) is 12.1 Å². The van der Waals surface area contributed by atoms with Crippen LogP contribution in [0, 0.1) is 11.3 Å². The third kappa shape index (κ3) is 2.79. The Hall–Kier alpha value is -0.210. The van der Waals surface area contributed by atoms with Crippen LogP contribution >= 0.6 is 23.2 Å². The maximum atomic E-state index is 6.24. The largest absolute Gasteiger partial charge is 0.276 e. The number of aromatic nitrogens is 2. The SMILES string of the molecule is Cn1ccc(CC(CCl)(CCl)C2CCCC2)n1. The molecule has 1 heterocycles. The molecule has 1 aromatic heterocycles. The summed E-state index contributed by atoms with van der Waals surface area (Å²) in [5, 5.41) is 4.46. The summed E-state index contributed by atoms with van der Waals surface area (Å²) in [6, 6.07) is 2.07.